The lowest BCUT2D eigenvalue weighted by molar-refractivity contribution is 0.420. The fourth-order valence-electron chi connectivity index (χ4n) is 6.57. The average molecular weight is 530 g/mol. The molecule has 1 heteroatoms. The third-order valence-electron chi connectivity index (χ3n) is 9.00. The van der Waals surface area contributed by atoms with Crippen LogP contribution in [0.25, 0.3) is 43.8 Å². The molecule has 0 saturated carbocycles. The lowest BCUT2D eigenvalue weighted by atomic mass is 9.73. The second-order valence-electron chi connectivity index (χ2n) is 11.8. The van der Waals surface area contributed by atoms with Crippen molar-refractivity contribution in [1.82, 2.24) is 0 Å². The average Bonchev–Trinajstić information content (AvgIpc) is 3.02. The van der Waals surface area contributed by atoms with Gasteiger partial charge in [-0.2, -0.15) is 0 Å². The minimum atomic E-state index is 0.215. The second-order valence-corrected chi connectivity index (χ2v) is 11.8. The molecule has 0 heterocycles. The van der Waals surface area contributed by atoms with Gasteiger partial charge >= 0.3 is 0 Å². The summed E-state index contributed by atoms with van der Waals surface area (Å²) < 4.78 is 0. The van der Waals surface area contributed by atoms with Crippen LogP contribution in [0.4, 0.5) is 5.69 Å². The van der Waals surface area contributed by atoms with Crippen molar-refractivity contribution in [2.45, 2.75) is 38.5 Å². The zero-order valence-corrected chi connectivity index (χ0v) is 23.8. The Balaban J connectivity index is 1.20. The van der Waals surface area contributed by atoms with Gasteiger partial charge in [0.05, 0.1) is 0 Å². The summed E-state index contributed by atoms with van der Waals surface area (Å²) in [4.78, 5) is 0. The standard InChI is InChI=1S/C40H35N/c1-28-10-8-13-31-26-32(27-38(39(28)31)37-17-9-12-30-11-6-7-16-36(30)37)29-18-20-34(21-19-29)41-35-22-24-40(2,25-23-35)33-14-4-3-5-15-33/h3-22,26-27,41H,23-25H2,1-2H3/t40-/m1/s1. The van der Waals surface area contributed by atoms with E-state index in [1.54, 1.807) is 0 Å². The molecule has 0 spiro atoms. The molecule has 0 radical (unpaired) electrons. The maximum atomic E-state index is 3.70. The number of anilines is 1. The van der Waals surface area contributed by atoms with Crippen molar-refractivity contribution in [3.05, 3.63) is 150 Å². The van der Waals surface area contributed by atoms with E-state index >= 15 is 0 Å². The highest BCUT2D eigenvalue weighted by Crippen LogP contribution is 2.40. The van der Waals surface area contributed by atoms with Crippen molar-refractivity contribution in [2.24, 2.45) is 0 Å². The van der Waals surface area contributed by atoms with Crippen LogP contribution in [0, 0.1) is 6.92 Å². The number of hydrogen-bond acceptors (Lipinski definition) is 1. The zero-order chi connectivity index (χ0) is 27.8. The molecule has 1 aliphatic carbocycles. The molecule has 1 aliphatic rings. The Morgan fingerprint density at radius 2 is 1.37 bits per heavy atom. The van der Waals surface area contributed by atoms with Gasteiger partial charge in [0.1, 0.15) is 0 Å². The summed E-state index contributed by atoms with van der Waals surface area (Å²) in [5, 5.41) is 8.88. The van der Waals surface area contributed by atoms with E-state index < -0.39 is 0 Å². The van der Waals surface area contributed by atoms with Crippen molar-refractivity contribution in [3.8, 4) is 22.3 Å². The van der Waals surface area contributed by atoms with Gasteiger partial charge in [-0.05, 0) is 111 Å². The maximum absolute atomic E-state index is 3.70. The van der Waals surface area contributed by atoms with Gasteiger partial charge in [-0.25, -0.2) is 0 Å². The number of rotatable bonds is 5. The largest absolute Gasteiger partial charge is 0.359 e. The molecule has 6 aromatic carbocycles. The Labute approximate surface area is 243 Å². The quantitative estimate of drug-likeness (QED) is 0.234. The molecule has 6 aromatic rings. The third-order valence-corrected chi connectivity index (χ3v) is 9.00. The smallest absolute Gasteiger partial charge is 0.0382 e. The topological polar surface area (TPSA) is 12.0 Å². The van der Waals surface area contributed by atoms with E-state index in [9.17, 15) is 0 Å². The number of aryl methyl sites for hydroxylation is 1. The first-order chi connectivity index (χ1) is 20.1. The van der Waals surface area contributed by atoms with Gasteiger partial charge < -0.3 is 5.32 Å². The molecule has 0 fully saturated rings. The summed E-state index contributed by atoms with van der Waals surface area (Å²) in [6.45, 7) is 4.61. The minimum absolute atomic E-state index is 0.215. The molecule has 41 heavy (non-hydrogen) atoms. The molecular weight excluding hydrogens is 494 g/mol. The molecule has 1 atom stereocenters. The molecule has 200 valence electrons. The SMILES string of the molecule is Cc1cccc2cc(-c3ccc(NC4=CC[C@@](C)(c5ccccc5)CC4)cc3)cc(-c3cccc4ccccc34)c12. The van der Waals surface area contributed by atoms with Crippen molar-refractivity contribution in [1.29, 1.82) is 0 Å². The Morgan fingerprint density at radius 1 is 0.634 bits per heavy atom. The molecule has 7 rings (SSSR count). The monoisotopic (exact) mass is 529 g/mol. The highest BCUT2D eigenvalue weighted by Gasteiger charge is 2.28. The molecule has 1 nitrogen and oxygen atoms in total. The van der Waals surface area contributed by atoms with Crippen LogP contribution in [0.3, 0.4) is 0 Å². The number of fused-ring (bicyclic) bond motifs is 2. The first-order valence-electron chi connectivity index (χ1n) is 14.7. The predicted molar refractivity (Wildman–Crippen MR) is 176 cm³/mol. The number of nitrogens with one attached hydrogen (secondary N) is 1. The molecule has 0 unspecified atom stereocenters. The Morgan fingerprint density at radius 3 is 2.17 bits per heavy atom. The van der Waals surface area contributed by atoms with E-state index in [-0.39, 0.29) is 5.41 Å². The fourth-order valence-corrected chi connectivity index (χ4v) is 6.57. The van der Waals surface area contributed by atoms with Crippen LogP contribution in [0.1, 0.15) is 37.3 Å². The first kappa shape index (κ1) is 25.4. The van der Waals surface area contributed by atoms with Gasteiger partial charge in [0.15, 0.2) is 0 Å². The van der Waals surface area contributed by atoms with Gasteiger partial charge in [0, 0.05) is 11.4 Å². The maximum Gasteiger partial charge on any atom is 0.0382 e. The third kappa shape index (κ3) is 4.83. The van der Waals surface area contributed by atoms with Gasteiger partial charge in [-0.1, -0.05) is 116 Å². The Kier molecular flexibility index (Phi) is 6.44. The molecule has 1 N–H and O–H groups in total. The summed E-state index contributed by atoms with van der Waals surface area (Å²) in [5.41, 5.74) is 10.5. The van der Waals surface area contributed by atoms with E-state index in [0.717, 1.165) is 24.9 Å². The highest BCUT2D eigenvalue weighted by atomic mass is 14.9. The van der Waals surface area contributed by atoms with E-state index in [2.05, 4.69) is 153 Å². The van der Waals surface area contributed by atoms with Crippen LogP contribution in [0.15, 0.2) is 139 Å². The Bertz CT molecular complexity index is 1890. The Hall–Kier alpha value is -4.62. The van der Waals surface area contributed by atoms with Gasteiger partial charge in [0.2, 0.25) is 0 Å². The van der Waals surface area contributed by atoms with E-state index in [1.807, 2.05) is 0 Å². The molecule has 0 aliphatic heterocycles. The number of hydrogen-bond donors (Lipinski definition) is 1. The second kappa shape index (κ2) is 10.4. The van der Waals surface area contributed by atoms with Crippen LogP contribution in [0.5, 0.6) is 0 Å². The van der Waals surface area contributed by atoms with E-state index in [1.165, 1.54) is 60.6 Å². The highest BCUT2D eigenvalue weighted by molar-refractivity contribution is 6.08. The summed E-state index contributed by atoms with van der Waals surface area (Å²) in [7, 11) is 0. The summed E-state index contributed by atoms with van der Waals surface area (Å²) in [6.07, 6.45) is 5.67. The van der Waals surface area contributed by atoms with Gasteiger partial charge in [0.25, 0.3) is 0 Å². The van der Waals surface area contributed by atoms with Crippen LogP contribution < -0.4 is 5.32 Å². The number of allylic oxidation sites excluding steroid dienone is 2. The first-order valence-corrected chi connectivity index (χ1v) is 14.7. The summed E-state index contributed by atoms with van der Waals surface area (Å²) in [6, 6.07) is 46.6. The van der Waals surface area contributed by atoms with Crippen LogP contribution in [-0.2, 0) is 5.41 Å². The predicted octanol–water partition coefficient (Wildman–Crippen LogP) is 11.1. The van der Waals surface area contributed by atoms with Crippen molar-refractivity contribution >= 4 is 27.2 Å². The molecule has 0 saturated heterocycles. The van der Waals surface area contributed by atoms with Crippen LogP contribution >= 0.6 is 0 Å². The van der Waals surface area contributed by atoms with E-state index in [0.29, 0.717) is 0 Å². The van der Waals surface area contributed by atoms with Crippen LogP contribution in [-0.4, -0.2) is 0 Å². The lowest BCUT2D eigenvalue weighted by Crippen LogP contribution is -2.25. The number of benzene rings is 6. The zero-order valence-electron chi connectivity index (χ0n) is 23.8. The van der Waals surface area contributed by atoms with Crippen molar-refractivity contribution < 1.29 is 0 Å². The lowest BCUT2D eigenvalue weighted by Gasteiger charge is -2.33. The van der Waals surface area contributed by atoms with Crippen molar-refractivity contribution in [2.75, 3.05) is 5.32 Å². The molecule has 0 bridgehead atoms. The van der Waals surface area contributed by atoms with Crippen LogP contribution in [0.2, 0.25) is 0 Å². The minimum Gasteiger partial charge on any atom is -0.359 e. The molecule has 0 amide bonds. The fraction of sp³-hybridized carbons (Fsp3) is 0.150. The molecular formula is C40H35N. The van der Waals surface area contributed by atoms with Gasteiger partial charge in [-0.15, -0.1) is 0 Å². The van der Waals surface area contributed by atoms with Crippen molar-refractivity contribution in [3.63, 3.8) is 0 Å². The van der Waals surface area contributed by atoms with Gasteiger partial charge in [-0.3, -0.25) is 0 Å². The molecule has 0 aromatic heterocycles. The van der Waals surface area contributed by atoms with E-state index in [4.69, 9.17) is 0 Å². The summed E-state index contributed by atoms with van der Waals surface area (Å²) >= 11 is 0. The normalized spacial score (nSPS) is 17.0. The summed E-state index contributed by atoms with van der Waals surface area (Å²) in [5.74, 6) is 0.